The number of nitrogens with two attached hydrogens (primary N) is 1. The lowest BCUT2D eigenvalue weighted by Crippen LogP contribution is -2.43. The molecule has 2 amide bonds. The number of fused-ring (bicyclic) bond motifs is 1. The van der Waals surface area contributed by atoms with E-state index >= 15 is 0 Å². The number of pyridine rings is 1. The Kier molecular flexibility index (Phi) is 10.3. The maximum atomic E-state index is 13.3. The lowest BCUT2D eigenvalue weighted by atomic mass is 10.0. The first kappa shape index (κ1) is 34.5. The molecule has 11 heteroatoms. The Labute approximate surface area is 306 Å². The number of hydrogen-bond acceptors (Lipinski definition) is 9. The normalized spacial score (nSPS) is 14.1. The molecule has 1 fully saturated rings. The van der Waals surface area contributed by atoms with E-state index in [1.807, 2.05) is 91.0 Å². The standard InChI is InChI=1S/C41H39N7O3S/c1-26(2)34-20-19-33-38(46-34)43-25-44-39(33)47-35-23-29(12-21-37(35)52-32-17-13-30(42)14-18-32)28-10-15-31(16-11-28)45-40(49)36-9-6-22-48(36)41(50)51-24-27-7-4-3-5-8-27/h3-5,7-8,10-21,23,25-26,36H,6,9,22,24,42H2,1-2H3,(H,45,49)(H,43,44,46,47)/t36-/m0/s1. The van der Waals surface area contributed by atoms with Crippen LogP contribution in [0.1, 0.15) is 43.9 Å². The second-order valence-corrected chi connectivity index (χ2v) is 14.1. The van der Waals surface area contributed by atoms with Gasteiger partial charge in [0.1, 0.15) is 24.8 Å². The Morgan fingerprint density at radius 1 is 0.923 bits per heavy atom. The first-order chi connectivity index (χ1) is 25.3. The van der Waals surface area contributed by atoms with E-state index in [4.69, 9.17) is 15.5 Å². The van der Waals surface area contributed by atoms with Crippen molar-refractivity contribution in [2.24, 2.45) is 0 Å². The summed E-state index contributed by atoms with van der Waals surface area (Å²) in [5, 5.41) is 7.40. The van der Waals surface area contributed by atoms with Crippen LogP contribution in [0.3, 0.4) is 0 Å². The maximum absolute atomic E-state index is 13.3. The summed E-state index contributed by atoms with van der Waals surface area (Å²) in [6.07, 6.45) is 2.37. The molecule has 1 aliphatic heterocycles. The minimum Gasteiger partial charge on any atom is -0.445 e. The Balaban J connectivity index is 1.09. The third kappa shape index (κ3) is 8.00. The molecule has 52 heavy (non-hydrogen) atoms. The van der Waals surface area contributed by atoms with Gasteiger partial charge in [-0.1, -0.05) is 74.1 Å². The fraction of sp³-hybridized carbons (Fsp3) is 0.195. The summed E-state index contributed by atoms with van der Waals surface area (Å²) in [7, 11) is 0. The predicted molar refractivity (Wildman–Crippen MR) is 207 cm³/mol. The van der Waals surface area contributed by atoms with E-state index in [9.17, 15) is 9.59 Å². The van der Waals surface area contributed by atoms with Crippen LogP contribution in [0.5, 0.6) is 0 Å². The number of aromatic nitrogens is 3. The van der Waals surface area contributed by atoms with Crippen LogP contribution in [-0.2, 0) is 16.1 Å². The van der Waals surface area contributed by atoms with E-state index in [-0.39, 0.29) is 18.4 Å². The fourth-order valence-electron chi connectivity index (χ4n) is 6.10. The van der Waals surface area contributed by atoms with Crippen LogP contribution in [-0.4, -0.2) is 44.4 Å². The molecule has 2 aromatic heterocycles. The van der Waals surface area contributed by atoms with Crippen LogP contribution < -0.4 is 16.4 Å². The number of carbonyl (C=O) groups excluding carboxylic acids is 2. The van der Waals surface area contributed by atoms with Gasteiger partial charge < -0.3 is 21.1 Å². The van der Waals surface area contributed by atoms with Gasteiger partial charge in [0, 0.05) is 33.4 Å². The SMILES string of the molecule is CC(C)c1ccc2c(Nc3cc(-c4ccc(NC(=O)[C@@H]5CCCN5C(=O)OCc5ccccc5)cc4)ccc3Sc3ccc(N)cc3)ncnc2n1. The fourth-order valence-corrected chi connectivity index (χ4v) is 6.98. The first-order valence-corrected chi connectivity index (χ1v) is 18.1. The van der Waals surface area contributed by atoms with Crippen molar-refractivity contribution in [2.75, 3.05) is 22.9 Å². The van der Waals surface area contributed by atoms with Gasteiger partial charge in [-0.2, -0.15) is 0 Å². The number of nitrogens with zero attached hydrogens (tertiary/aromatic N) is 4. The number of carbonyl (C=O) groups is 2. The smallest absolute Gasteiger partial charge is 0.410 e. The third-order valence-corrected chi connectivity index (χ3v) is 10.0. The monoisotopic (exact) mass is 709 g/mol. The molecular weight excluding hydrogens is 671 g/mol. The highest BCUT2D eigenvalue weighted by Gasteiger charge is 2.35. The molecule has 1 atom stereocenters. The highest BCUT2D eigenvalue weighted by atomic mass is 32.2. The number of ether oxygens (including phenoxy) is 1. The summed E-state index contributed by atoms with van der Waals surface area (Å²) in [6, 6.07) is 34.7. The molecule has 4 aromatic carbocycles. The summed E-state index contributed by atoms with van der Waals surface area (Å²) in [4.78, 5) is 43.6. The van der Waals surface area contributed by atoms with Crippen molar-refractivity contribution in [3.8, 4) is 11.1 Å². The second kappa shape index (κ2) is 15.5. The highest BCUT2D eigenvalue weighted by Crippen LogP contribution is 2.39. The van der Waals surface area contributed by atoms with Crippen molar-refractivity contribution in [1.29, 1.82) is 0 Å². The number of nitrogens with one attached hydrogen (secondary N) is 2. The van der Waals surface area contributed by atoms with Crippen LogP contribution in [0, 0.1) is 0 Å². The summed E-state index contributed by atoms with van der Waals surface area (Å²) >= 11 is 1.62. The zero-order valence-electron chi connectivity index (χ0n) is 29.0. The van der Waals surface area contributed by atoms with Crippen LogP contribution >= 0.6 is 11.8 Å². The summed E-state index contributed by atoms with van der Waals surface area (Å²) in [6.45, 7) is 4.86. The van der Waals surface area contributed by atoms with Crippen molar-refractivity contribution in [2.45, 2.75) is 55.0 Å². The van der Waals surface area contributed by atoms with E-state index in [0.29, 0.717) is 35.8 Å². The highest BCUT2D eigenvalue weighted by molar-refractivity contribution is 7.99. The lowest BCUT2D eigenvalue weighted by Gasteiger charge is -2.23. The lowest BCUT2D eigenvalue weighted by molar-refractivity contribution is -0.120. The molecule has 7 rings (SSSR count). The second-order valence-electron chi connectivity index (χ2n) is 12.9. The van der Waals surface area contributed by atoms with Crippen molar-refractivity contribution < 1.29 is 14.3 Å². The Bertz CT molecular complexity index is 2200. The van der Waals surface area contributed by atoms with Crippen LogP contribution in [0.2, 0.25) is 0 Å². The van der Waals surface area contributed by atoms with Gasteiger partial charge in [0.05, 0.1) is 11.1 Å². The summed E-state index contributed by atoms with van der Waals surface area (Å²) in [5.74, 6) is 0.707. The number of benzene rings is 4. The number of amides is 2. The van der Waals surface area contributed by atoms with E-state index in [1.54, 1.807) is 11.8 Å². The molecule has 4 N–H and O–H groups in total. The number of hydrogen-bond donors (Lipinski definition) is 3. The molecule has 6 aromatic rings. The van der Waals surface area contributed by atoms with Crippen molar-refractivity contribution in [1.82, 2.24) is 19.9 Å². The molecule has 0 unspecified atom stereocenters. The number of anilines is 4. The zero-order chi connectivity index (χ0) is 36.0. The van der Waals surface area contributed by atoms with Gasteiger partial charge in [-0.15, -0.1) is 0 Å². The molecule has 3 heterocycles. The maximum Gasteiger partial charge on any atom is 0.410 e. The molecule has 1 aliphatic rings. The third-order valence-electron chi connectivity index (χ3n) is 8.93. The van der Waals surface area contributed by atoms with Crippen LogP contribution in [0.25, 0.3) is 22.2 Å². The van der Waals surface area contributed by atoms with Gasteiger partial charge in [-0.25, -0.2) is 19.7 Å². The molecule has 0 radical (unpaired) electrons. The van der Waals surface area contributed by atoms with Gasteiger partial charge in [0.15, 0.2) is 5.65 Å². The van der Waals surface area contributed by atoms with Crippen molar-refractivity contribution in [3.63, 3.8) is 0 Å². The van der Waals surface area contributed by atoms with Gasteiger partial charge in [-0.3, -0.25) is 9.69 Å². The Hall–Kier alpha value is -5.94. The van der Waals surface area contributed by atoms with Crippen molar-refractivity contribution >= 4 is 57.7 Å². The molecule has 0 bridgehead atoms. The average Bonchev–Trinajstić information content (AvgIpc) is 3.67. The quantitative estimate of drug-likeness (QED) is 0.119. The summed E-state index contributed by atoms with van der Waals surface area (Å²) < 4.78 is 5.52. The topological polar surface area (TPSA) is 135 Å². The number of rotatable bonds is 10. The van der Waals surface area contributed by atoms with Gasteiger partial charge in [-0.05, 0) is 96.1 Å². The Morgan fingerprint density at radius 2 is 1.69 bits per heavy atom. The van der Waals surface area contributed by atoms with E-state index < -0.39 is 12.1 Å². The largest absolute Gasteiger partial charge is 0.445 e. The average molecular weight is 710 g/mol. The molecule has 0 spiro atoms. The van der Waals surface area contributed by atoms with E-state index in [0.717, 1.165) is 49.7 Å². The molecule has 0 aliphatic carbocycles. The van der Waals surface area contributed by atoms with Gasteiger partial charge in [0.25, 0.3) is 0 Å². The van der Waals surface area contributed by atoms with Crippen LogP contribution in [0.15, 0.2) is 125 Å². The number of likely N-dealkylation sites (tertiary alicyclic amines) is 1. The predicted octanol–water partition coefficient (Wildman–Crippen LogP) is 9.03. The molecule has 0 saturated carbocycles. The Morgan fingerprint density at radius 3 is 2.46 bits per heavy atom. The number of nitrogen functional groups attached to an aromatic ring is 1. The van der Waals surface area contributed by atoms with Gasteiger partial charge >= 0.3 is 6.09 Å². The minimum atomic E-state index is -0.590. The molecule has 10 nitrogen and oxygen atoms in total. The first-order valence-electron chi connectivity index (χ1n) is 17.3. The molecular formula is C41H39N7O3S. The summed E-state index contributed by atoms with van der Waals surface area (Å²) in [5.41, 5.74) is 12.6. The van der Waals surface area contributed by atoms with E-state index in [2.05, 4.69) is 52.6 Å². The van der Waals surface area contributed by atoms with Gasteiger partial charge in [0.2, 0.25) is 5.91 Å². The minimum absolute atomic E-state index is 0.163. The zero-order valence-corrected chi connectivity index (χ0v) is 29.8. The van der Waals surface area contributed by atoms with E-state index in [1.165, 1.54) is 11.2 Å². The van der Waals surface area contributed by atoms with Crippen LogP contribution in [0.4, 0.5) is 27.7 Å². The van der Waals surface area contributed by atoms with Crippen molar-refractivity contribution in [3.05, 3.63) is 127 Å². The molecule has 262 valence electrons. The molecule has 1 saturated heterocycles.